The standard InChI is InChI=1S/C14H26N2O4S/c1-11-7-9-16(21(11,18)19)12-6-5-8-15(10-12)13(17)20-14(2,3)4/h11-12H,5-10H2,1-4H3/t11?,12-/m0/s1. The van der Waals surface area contributed by atoms with E-state index in [0.29, 0.717) is 26.1 Å². The van der Waals surface area contributed by atoms with Crippen molar-refractivity contribution in [1.82, 2.24) is 9.21 Å². The maximum absolute atomic E-state index is 12.3. The molecule has 0 saturated carbocycles. The number of carbonyl (C=O) groups excluding carboxylic acids is 1. The van der Waals surface area contributed by atoms with Crippen LogP contribution in [0.1, 0.15) is 47.0 Å². The number of piperidine rings is 1. The number of rotatable bonds is 1. The van der Waals surface area contributed by atoms with Gasteiger partial charge in [-0.1, -0.05) is 0 Å². The van der Waals surface area contributed by atoms with Gasteiger partial charge >= 0.3 is 6.09 Å². The molecular weight excluding hydrogens is 292 g/mol. The molecule has 7 heteroatoms. The molecule has 1 amide bonds. The fourth-order valence-corrected chi connectivity index (χ4v) is 4.70. The van der Waals surface area contributed by atoms with Crippen LogP contribution in [0.2, 0.25) is 0 Å². The second-order valence-electron chi connectivity index (χ2n) is 6.98. The van der Waals surface area contributed by atoms with Crippen molar-refractivity contribution in [1.29, 1.82) is 0 Å². The zero-order chi connectivity index (χ0) is 15.8. The van der Waals surface area contributed by atoms with Crippen LogP contribution in [0, 0.1) is 0 Å². The van der Waals surface area contributed by atoms with Gasteiger partial charge in [0.05, 0.1) is 5.25 Å². The Balaban J connectivity index is 2.03. The van der Waals surface area contributed by atoms with Gasteiger partial charge in [0.2, 0.25) is 10.0 Å². The maximum Gasteiger partial charge on any atom is 0.410 e. The highest BCUT2D eigenvalue weighted by atomic mass is 32.2. The first-order valence-corrected chi connectivity index (χ1v) is 9.10. The zero-order valence-electron chi connectivity index (χ0n) is 13.3. The third kappa shape index (κ3) is 3.69. The molecule has 0 aliphatic carbocycles. The van der Waals surface area contributed by atoms with Gasteiger partial charge in [0.15, 0.2) is 0 Å². The minimum absolute atomic E-state index is 0.110. The number of likely N-dealkylation sites (tertiary alicyclic amines) is 1. The highest BCUT2D eigenvalue weighted by Gasteiger charge is 2.42. The summed E-state index contributed by atoms with van der Waals surface area (Å²) in [6.07, 6.45) is 1.94. The van der Waals surface area contributed by atoms with Crippen LogP contribution in [0.4, 0.5) is 4.79 Å². The van der Waals surface area contributed by atoms with Gasteiger partial charge < -0.3 is 9.64 Å². The zero-order valence-corrected chi connectivity index (χ0v) is 14.1. The van der Waals surface area contributed by atoms with E-state index in [1.807, 2.05) is 20.8 Å². The number of amides is 1. The molecular formula is C14H26N2O4S. The molecule has 0 aromatic rings. The summed E-state index contributed by atoms with van der Waals surface area (Å²) in [5, 5.41) is -0.311. The van der Waals surface area contributed by atoms with Crippen molar-refractivity contribution in [3.05, 3.63) is 0 Å². The second kappa shape index (κ2) is 5.76. The van der Waals surface area contributed by atoms with E-state index in [0.717, 1.165) is 12.8 Å². The minimum atomic E-state index is -3.20. The second-order valence-corrected chi connectivity index (χ2v) is 9.28. The Morgan fingerprint density at radius 2 is 1.86 bits per heavy atom. The molecule has 2 aliphatic rings. The lowest BCUT2D eigenvalue weighted by Crippen LogP contribution is -2.51. The van der Waals surface area contributed by atoms with Gasteiger partial charge in [0.25, 0.3) is 0 Å². The summed E-state index contributed by atoms with van der Waals surface area (Å²) in [6, 6.07) is -0.110. The first-order chi connectivity index (χ1) is 9.61. The molecule has 2 rings (SSSR count). The Morgan fingerprint density at radius 3 is 2.38 bits per heavy atom. The van der Waals surface area contributed by atoms with E-state index >= 15 is 0 Å². The lowest BCUT2D eigenvalue weighted by atomic mass is 10.1. The largest absolute Gasteiger partial charge is 0.444 e. The molecule has 0 radical (unpaired) electrons. The van der Waals surface area contributed by atoms with E-state index in [4.69, 9.17) is 4.74 Å². The number of carbonyl (C=O) groups is 1. The van der Waals surface area contributed by atoms with Gasteiger partial charge in [-0.05, 0) is 47.0 Å². The Labute approximate surface area is 127 Å². The normalized spacial score (nSPS) is 30.4. The van der Waals surface area contributed by atoms with E-state index in [1.54, 1.807) is 16.1 Å². The Kier molecular flexibility index (Phi) is 4.54. The summed E-state index contributed by atoms with van der Waals surface area (Å²) in [5.74, 6) is 0. The van der Waals surface area contributed by atoms with Gasteiger partial charge in [0.1, 0.15) is 5.60 Å². The van der Waals surface area contributed by atoms with Gasteiger partial charge in [-0.3, -0.25) is 0 Å². The predicted molar refractivity (Wildman–Crippen MR) is 80.5 cm³/mol. The monoisotopic (exact) mass is 318 g/mol. The molecule has 2 saturated heterocycles. The van der Waals surface area contributed by atoms with Crippen LogP contribution in [0.15, 0.2) is 0 Å². The fourth-order valence-electron chi connectivity index (χ4n) is 2.89. The molecule has 122 valence electrons. The van der Waals surface area contributed by atoms with Crippen molar-refractivity contribution >= 4 is 16.1 Å². The molecule has 1 unspecified atom stereocenters. The lowest BCUT2D eigenvalue weighted by molar-refractivity contribution is 0.0158. The summed E-state index contributed by atoms with van der Waals surface area (Å²) < 4.78 is 31.5. The Hall–Kier alpha value is -0.820. The van der Waals surface area contributed by atoms with Crippen LogP contribution < -0.4 is 0 Å². The van der Waals surface area contributed by atoms with Crippen LogP contribution in [0.5, 0.6) is 0 Å². The van der Waals surface area contributed by atoms with Gasteiger partial charge in [-0.25, -0.2) is 13.2 Å². The van der Waals surface area contributed by atoms with Crippen molar-refractivity contribution < 1.29 is 17.9 Å². The molecule has 2 atom stereocenters. The molecule has 0 N–H and O–H groups in total. The maximum atomic E-state index is 12.3. The summed E-state index contributed by atoms with van der Waals surface area (Å²) in [4.78, 5) is 13.8. The molecule has 2 fully saturated rings. The van der Waals surface area contributed by atoms with Crippen LogP contribution in [0.3, 0.4) is 0 Å². The predicted octanol–water partition coefficient (Wildman–Crippen LogP) is 1.81. The van der Waals surface area contributed by atoms with Crippen molar-refractivity contribution in [2.75, 3.05) is 19.6 Å². The number of hydrogen-bond acceptors (Lipinski definition) is 4. The smallest absolute Gasteiger partial charge is 0.410 e. The summed E-state index contributed by atoms with van der Waals surface area (Å²) in [5.41, 5.74) is -0.530. The minimum Gasteiger partial charge on any atom is -0.444 e. The summed E-state index contributed by atoms with van der Waals surface area (Å²) in [6.45, 7) is 8.88. The van der Waals surface area contributed by atoms with Crippen LogP contribution in [-0.2, 0) is 14.8 Å². The molecule has 2 aliphatic heterocycles. The highest BCUT2D eigenvalue weighted by Crippen LogP contribution is 2.28. The van der Waals surface area contributed by atoms with E-state index in [9.17, 15) is 13.2 Å². The van der Waals surface area contributed by atoms with E-state index in [-0.39, 0.29) is 17.4 Å². The average Bonchev–Trinajstić information content (AvgIpc) is 2.62. The number of ether oxygens (including phenoxy) is 1. The fraction of sp³-hybridized carbons (Fsp3) is 0.929. The van der Waals surface area contributed by atoms with Gasteiger partial charge in [0, 0.05) is 25.7 Å². The molecule has 0 bridgehead atoms. The summed E-state index contributed by atoms with van der Waals surface area (Å²) >= 11 is 0. The molecule has 2 heterocycles. The van der Waals surface area contributed by atoms with Gasteiger partial charge in [-0.15, -0.1) is 0 Å². The number of nitrogens with zero attached hydrogens (tertiary/aromatic N) is 2. The van der Waals surface area contributed by atoms with Gasteiger partial charge in [-0.2, -0.15) is 4.31 Å². The Morgan fingerprint density at radius 1 is 1.19 bits per heavy atom. The molecule has 0 aromatic carbocycles. The molecule has 21 heavy (non-hydrogen) atoms. The van der Waals surface area contributed by atoms with E-state index < -0.39 is 15.6 Å². The first-order valence-electron chi connectivity index (χ1n) is 7.60. The summed E-state index contributed by atoms with van der Waals surface area (Å²) in [7, 11) is -3.20. The van der Waals surface area contributed by atoms with Crippen LogP contribution >= 0.6 is 0 Å². The lowest BCUT2D eigenvalue weighted by Gasteiger charge is -2.37. The third-order valence-corrected chi connectivity index (χ3v) is 6.43. The van der Waals surface area contributed by atoms with Crippen molar-refractivity contribution in [2.45, 2.75) is 63.9 Å². The van der Waals surface area contributed by atoms with Crippen molar-refractivity contribution in [3.63, 3.8) is 0 Å². The SMILES string of the molecule is CC1CCN([C@H]2CCCN(C(=O)OC(C)(C)C)C2)S1(=O)=O. The van der Waals surface area contributed by atoms with E-state index in [1.165, 1.54) is 0 Å². The topological polar surface area (TPSA) is 66.9 Å². The molecule has 0 aromatic heterocycles. The highest BCUT2D eigenvalue weighted by molar-refractivity contribution is 7.90. The quantitative estimate of drug-likeness (QED) is 0.739. The van der Waals surface area contributed by atoms with Crippen LogP contribution in [0.25, 0.3) is 0 Å². The van der Waals surface area contributed by atoms with Crippen LogP contribution in [-0.4, -0.2) is 60.2 Å². The molecule has 6 nitrogen and oxygen atoms in total. The average molecular weight is 318 g/mol. The molecule has 0 spiro atoms. The van der Waals surface area contributed by atoms with Crippen molar-refractivity contribution in [2.24, 2.45) is 0 Å². The third-order valence-electron chi connectivity index (χ3n) is 4.05. The van der Waals surface area contributed by atoms with Crippen molar-refractivity contribution in [3.8, 4) is 0 Å². The van der Waals surface area contributed by atoms with E-state index in [2.05, 4.69) is 0 Å². The number of sulfonamides is 1. The first kappa shape index (κ1) is 16.5. The number of hydrogen-bond donors (Lipinski definition) is 0. The Bertz CT molecular complexity index is 498.